The number of carbonyl (C=O) groups is 1. The first-order chi connectivity index (χ1) is 15.3. The van der Waals surface area contributed by atoms with E-state index in [-0.39, 0.29) is 11.6 Å². The molecule has 0 bridgehead atoms. The van der Waals surface area contributed by atoms with Gasteiger partial charge in [-0.3, -0.25) is 14.9 Å². The van der Waals surface area contributed by atoms with Crippen molar-refractivity contribution in [2.24, 2.45) is 4.99 Å². The van der Waals surface area contributed by atoms with Crippen LogP contribution < -0.4 is 10.1 Å². The number of nitrogens with one attached hydrogen (secondary N) is 1. The molecule has 0 radical (unpaired) electrons. The number of halogens is 1. The summed E-state index contributed by atoms with van der Waals surface area (Å²) in [5.74, 6) is 1.04. The minimum absolute atomic E-state index is 0.0983. The summed E-state index contributed by atoms with van der Waals surface area (Å²) in [6.07, 6.45) is 1.57. The summed E-state index contributed by atoms with van der Waals surface area (Å²) in [6.45, 7) is 1.94. The van der Waals surface area contributed by atoms with Gasteiger partial charge in [-0.25, -0.2) is 4.99 Å². The Bertz CT molecular complexity index is 1300. The van der Waals surface area contributed by atoms with Crippen LogP contribution in [0.5, 0.6) is 5.75 Å². The molecule has 4 rings (SSSR count). The van der Waals surface area contributed by atoms with Crippen molar-refractivity contribution in [2.75, 3.05) is 7.11 Å². The van der Waals surface area contributed by atoms with Gasteiger partial charge in [0.15, 0.2) is 5.17 Å². The molecule has 1 saturated heterocycles. The van der Waals surface area contributed by atoms with Gasteiger partial charge < -0.3 is 14.5 Å². The largest absolute Gasteiger partial charge is 0.494 e. The number of nitrogens with zero attached hydrogens (tertiary/aromatic N) is 2. The minimum Gasteiger partial charge on any atom is -0.494 e. The predicted octanol–water partition coefficient (Wildman–Crippen LogP) is 5.72. The van der Waals surface area contributed by atoms with Crippen LogP contribution in [0.15, 0.2) is 62.8 Å². The number of carbonyl (C=O) groups excluding carboxylic acids is 1. The van der Waals surface area contributed by atoms with Gasteiger partial charge >= 0.3 is 0 Å². The first-order valence-electron chi connectivity index (χ1n) is 9.32. The third-order valence-corrected chi connectivity index (χ3v) is 5.77. The van der Waals surface area contributed by atoms with Crippen molar-refractivity contribution in [3.63, 3.8) is 0 Å². The van der Waals surface area contributed by atoms with Crippen molar-refractivity contribution < 1.29 is 18.9 Å². The van der Waals surface area contributed by atoms with Crippen molar-refractivity contribution in [3.8, 4) is 17.1 Å². The number of amidine groups is 1. The Morgan fingerprint density at radius 3 is 2.78 bits per heavy atom. The van der Waals surface area contributed by atoms with Crippen LogP contribution >= 0.6 is 23.4 Å². The fourth-order valence-electron chi connectivity index (χ4n) is 3.00. The molecule has 1 aromatic heterocycles. The van der Waals surface area contributed by atoms with Crippen LogP contribution in [0, 0.1) is 17.0 Å². The lowest BCUT2D eigenvalue weighted by atomic mass is 10.1. The number of hydrogen-bond donors (Lipinski definition) is 1. The van der Waals surface area contributed by atoms with Crippen molar-refractivity contribution in [2.45, 2.75) is 6.92 Å². The number of aryl methyl sites for hydroxylation is 1. The molecule has 1 amide bonds. The monoisotopic (exact) mass is 469 g/mol. The van der Waals surface area contributed by atoms with Crippen molar-refractivity contribution >= 4 is 51.9 Å². The zero-order valence-corrected chi connectivity index (χ0v) is 18.5. The van der Waals surface area contributed by atoms with E-state index >= 15 is 0 Å². The molecular weight excluding hydrogens is 454 g/mol. The van der Waals surface area contributed by atoms with Crippen LogP contribution in [-0.4, -0.2) is 23.1 Å². The van der Waals surface area contributed by atoms with Crippen LogP contribution in [0.3, 0.4) is 0 Å². The lowest BCUT2D eigenvalue weighted by Gasteiger charge is -2.05. The summed E-state index contributed by atoms with van der Waals surface area (Å²) in [5.41, 5.74) is 1.91. The van der Waals surface area contributed by atoms with Crippen LogP contribution in [0.1, 0.15) is 11.3 Å². The lowest BCUT2D eigenvalue weighted by molar-refractivity contribution is -0.384. The van der Waals surface area contributed by atoms with Crippen LogP contribution in [0.2, 0.25) is 5.02 Å². The first-order valence-corrected chi connectivity index (χ1v) is 10.5. The minimum atomic E-state index is -0.505. The molecule has 0 aliphatic carbocycles. The molecule has 0 unspecified atom stereocenters. The highest BCUT2D eigenvalue weighted by Crippen LogP contribution is 2.35. The molecule has 32 heavy (non-hydrogen) atoms. The summed E-state index contributed by atoms with van der Waals surface area (Å²) in [4.78, 5) is 27.8. The number of hydrogen-bond acceptors (Lipinski definition) is 7. The van der Waals surface area contributed by atoms with Gasteiger partial charge in [0.05, 0.1) is 22.0 Å². The smallest absolute Gasteiger partial charge is 0.270 e. The molecule has 1 aliphatic heterocycles. The van der Waals surface area contributed by atoms with Crippen molar-refractivity contribution in [1.82, 2.24) is 5.32 Å². The second-order valence-corrected chi connectivity index (χ2v) is 8.22. The highest BCUT2D eigenvalue weighted by molar-refractivity contribution is 8.18. The zero-order valence-electron chi connectivity index (χ0n) is 16.9. The number of nitro groups is 1. The summed E-state index contributed by atoms with van der Waals surface area (Å²) in [7, 11) is 1.56. The number of amides is 1. The molecule has 8 nitrogen and oxygen atoms in total. The molecule has 10 heteroatoms. The van der Waals surface area contributed by atoms with Crippen molar-refractivity contribution in [3.05, 3.63) is 79.9 Å². The highest BCUT2D eigenvalue weighted by atomic mass is 35.5. The van der Waals surface area contributed by atoms with Gasteiger partial charge in [-0.05, 0) is 54.6 Å². The molecule has 0 atom stereocenters. The van der Waals surface area contributed by atoms with Gasteiger partial charge in [0.25, 0.3) is 11.6 Å². The van der Waals surface area contributed by atoms with Crippen LogP contribution in [-0.2, 0) is 4.79 Å². The maximum Gasteiger partial charge on any atom is 0.270 e. The second kappa shape index (κ2) is 8.89. The molecule has 1 N–H and O–H groups in total. The summed E-state index contributed by atoms with van der Waals surface area (Å²) >= 11 is 7.35. The van der Waals surface area contributed by atoms with Gasteiger partial charge in [0.2, 0.25) is 0 Å². The van der Waals surface area contributed by atoms with E-state index in [4.69, 9.17) is 20.8 Å². The van der Waals surface area contributed by atoms with Crippen LogP contribution in [0.25, 0.3) is 17.4 Å². The lowest BCUT2D eigenvalue weighted by Crippen LogP contribution is -2.19. The maximum absolute atomic E-state index is 12.4. The van der Waals surface area contributed by atoms with Gasteiger partial charge in [-0.2, -0.15) is 0 Å². The van der Waals surface area contributed by atoms with Crippen molar-refractivity contribution in [1.29, 1.82) is 0 Å². The summed E-state index contributed by atoms with van der Waals surface area (Å²) < 4.78 is 11.1. The number of thioether (sulfide) groups is 1. The number of furan rings is 1. The van der Waals surface area contributed by atoms with E-state index in [2.05, 4.69) is 10.3 Å². The molecule has 162 valence electrons. The quantitative estimate of drug-likeness (QED) is 0.291. The number of aliphatic imine (C=N–C) groups is 1. The number of rotatable bonds is 5. The number of non-ortho nitro benzene ring substituents is 1. The van der Waals surface area contributed by atoms with E-state index in [1.165, 1.54) is 30.0 Å². The molecular formula is C22H16ClN3O5S. The van der Waals surface area contributed by atoms with E-state index in [1.54, 1.807) is 25.3 Å². The fraction of sp³-hybridized carbons (Fsp3) is 0.0909. The number of methoxy groups -OCH3 is 1. The molecule has 1 fully saturated rings. The Hall–Kier alpha value is -3.56. The Morgan fingerprint density at radius 2 is 2.03 bits per heavy atom. The molecule has 2 aromatic carbocycles. The number of nitro benzene ring substituents is 1. The highest BCUT2D eigenvalue weighted by Gasteiger charge is 2.25. The average molecular weight is 470 g/mol. The third-order valence-electron chi connectivity index (χ3n) is 4.53. The second-order valence-electron chi connectivity index (χ2n) is 6.78. The SMILES string of the molecule is COc1ccc(C)cc1N=C1NC(=O)/C(=C/c2ccc(-c3cc([N+](=O)[O-])ccc3Cl)o2)S1. The third kappa shape index (κ3) is 4.53. The summed E-state index contributed by atoms with van der Waals surface area (Å²) in [5, 5.41) is 14.5. The molecule has 1 aliphatic rings. The molecule has 0 saturated carbocycles. The number of ether oxygens (including phenoxy) is 1. The van der Waals surface area contributed by atoms with Gasteiger partial charge in [-0.1, -0.05) is 17.7 Å². The van der Waals surface area contributed by atoms with Gasteiger partial charge in [0.1, 0.15) is 23.0 Å². The summed E-state index contributed by atoms with van der Waals surface area (Å²) in [6, 6.07) is 13.0. The molecule has 3 aromatic rings. The normalized spacial score (nSPS) is 15.9. The maximum atomic E-state index is 12.4. The Morgan fingerprint density at radius 1 is 1.22 bits per heavy atom. The predicted molar refractivity (Wildman–Crippen MR) is 124 cm³/mol. The topological polar surface area (TPSA) is 107 Å². The van der Waals surface area contributed by atoms with Gasteiger partial charge in [-0.15, -0.1) is 0 Å². The van der Waals surface area contributed by atoms with E-state index in [1.807, 2.05) is 25.1 Å². The average Bonchev–Trinajstić information content (AvgIpc) is 3.35. The van der Waals surface area contributed by atoms with E-state index in [0.29, 0.717) is 43.6 Å². The van der Waals surface area contributed by atoms with E-state index in [9.17, 15) is 14.9 Å². The number of benzene rings is 2. The molecule has 2 heterocycles. The van der Waals surface area contributed by atoms with E-state index in [0.717, 1.165) is 5.56 Å². The zero-order chi connectivity index (χ0) is 22.8. The van der Waals surface area contributed by atoms with Crippen LogP contribution in [0.4, 0.5) is 11.4 Å². The standard InChI is InChI=1S/C22H16ClN3O5S/c1-12-3-7-19(30-2)17(9-12)24-22-25-21(27)20(32-22)11-14-5-8-18(31-14)15-10-13(26(28)29)4-6-16(15)23/h3-11H,1-2H3,(H,24,25,27)/b20-11-. The molecule has 0 spiro atoms. The Labute approximate surface area is 192 Å². The van der Waals surface area contributed by atoms with E-state index < -0.39 is 4.92 Å². The Balaban J connectivity index is 1.59. The fourth-order valence-corrected chi connectivity index (χ4v) is 4.02. The Kier molecular flexibility index (Phi) is 6.02. The van der Waals surface area contributed by atoms with Gasteiger partial charge in [0, 0.05) is 23.8 Å². The first kappa shape index (κ1) is 21.7.